The number of urea groups is 1. The number of hydrogen-bond acceptors (Lipinski definition) is 6. The van der Waals surface area contributed by atoms with Gasteiger partial charge in [-0.15, -0.1) is 11.3 Å². The fraction of sp³-hybridized carbons (Fsp3) is 0.316. The van der Waals surface area contributed by atoms with Crippen LogP contribution in [0, 0.1) is 0 Å². The number of carbonyl (C=O) groups is 4. The average molecular weight is 398 g/mol. The standard InChI is InChI=1S/C19H18N4O4S/c24-13-3-4-15(16(25)6-13)23-8-12-2-1-11(5-14(12)18(23)26)7-20-19(27)22-17-9-28-10-21-17/h1-2,5,9-10,15H,3-4,6-8H2,(H2,20,22,27). The number of amides is 3. The summed E-state index contributed by atoms with van der Waals surface area (Å²) in [6.45, 7) is 0.629. The van der Waals surface area contributed by atoms with Gasteiger partial charge in [-0.3, -0.25) is 19.7 Å². The van der Waals surface area contributed by atoms with Gasteiger partial charge in [-0.2, -0.15) is 0 Å². The molecule has 2 N–H and O–H groups in total. The molecule has 1 fully saturated rings. The summed E-state index contributed by atoms with van der Waals surface area (Å²) in [5.41, 5.74) is 3.81. The molecule has 2 heterocycles. The molecule has 0 radical (unpaired) electrons. The summed E-state index contributed by atoms with van der Waals surface area (Å²) in [4.78, 5) is 53.9. The highest BCUT2D eigenvalue weighted by Gasteiger charge is 2.38. The first-order valence-electron chi connectivity index (χ1n) is 8.91. The number of rotatable bonds is 4. The minimum atomic E-state index is -0.525. The number of anilines is 1. The van der Waals surface area contributed by atoms with Gasteiger partial charge in [0.25, 0.3) is 5.91 Å². The van der Waals surface area contributed by atoms with Crippen LogP contribution in [0.2, 0.25) is 0 Å². The van der Waals surface area contributed by atoms with Gasteiger partial charge in [-0.25, -0.2) is 9.78 Å². The molecule has 2 aliphatic rings. The third-order valence-corrected chi connectivity index (χ3v) is 5.54. The summed E-state index contributed by atoms with van der Waals surface area (Å²) < 4.78 is 0. The Bertz CT molecular complexity index is 957. The van der Waals surface area contributed by atoms with Gasteiger partial charge in [0.15, 0.2) is 5.78 Å². The summed E-state index contributed by atoms with van der Waals surface area (Å²) in [5, 5.41) is 7.07. The lowest BCUT2D eigenvalue weighted by molar-refractivity contribution is -0.133. The van der Waals surface area contributed by atoms with Gasteiger partial charge in [-0.05, 0) is 23.6 Å². The molecule has 0 spiro atoms. The molecule has 0 bridgehead atoms. The van der Waals surface area contributed by atoms with Gasteiger partial charge in [0, 0.05) is 30.5 Å². The van der Waals surface area contributed by atoms with Crippen molar-refractivity contribution in [2.24, 2.45) is 0 Å². The molecule has 0 saturated heterocycles. The van der Waals surface area contributed by atoms with Crippen LogP contribution in [0.3, 0.4) is 0 Å². The van der Waals surface area contributed by atoms with Gasteiger partial charge in [-0.1, -0.05) is 12.1 Å². The second-order valence-electron chi connectivity index (χ2n) is 6.84. The van der Waals surface area contributed by atoms with Crippen LogP contribution in [0.5, 0.6) is 0 Å². The molecule has 3 amide bonds. The Balaban J connectivity index is 1.40. The predicted molar refractivity (Wildman–Crippen MR) is 102 cm³/mol. The lowest BCUT2D eigenvalue weighted by atomic mass is 9.92. The van der Waals surface area contributed by atoms with Crippen LogP contribution in [0.4, 0.5) is 10.6 Å². The van der Waals surface area contributed by atoms with Crippen molar-refractivity contribution in [2.75, 3.05) is 5.32 Å². The lowest BCUT2D eigenvalue weighted by Crippen LogP contribution is -2.44. The van der Waals surface area contributed by atoms with E-state index in [2.05, 4.69) is 15.6 Å². The number of thiazole rings is 1. The van der Waals surface area contributed by atoms with Crippen molar-refractivity contribution in [2.45, 2.75) is 38.4 Å². The zero-order chi connectivity index (χ0) is 19.7. The van der Waals surface area contributed by atoms with Crippen LogP contribution >= 0.6 is 11.3 Å². The molecule has 1 saturated carbocycles. The van der Waals surface area contributed by atoms with Gasteiger partial charge in [0.1, 0.15) is 11.6 Å². The first-order chi connectivity index (χ1) is 13.5. The van der Waals surface area contributed by atoms with E-state index in [4.69, 9.17) is 0 Å². The molecular formula is C19H18N4O4S. The van der Waals surface area contributed by atoms with Crippen molar-refractivity contribution >= 4 is 40.7 Å². The number of carbonyl (C=O) groups excluding carboxylic acids is 4. The van der Waals surface area contributed by atoms with Crippen molar-refractivity contribution < 1.29 is 19.2 Å². The maximum atomic E-state index is 12.8. The summed E-state index contributed by atoms with van der Waals surface area (Å²) >= 11 is 1.38. The molecule has 1 aliphatic heterocycles. The first-order valence-corrected chi connectivity index (χ1v) is 9.86. The van der Waals surface area contributed by atoms with Crippen LogP contribution in [0.15, 0.2) is 29.1 Å². The highest BCUT2D eigenvalue weighted by Crippen LogP contribution is 2.29. The predicted octanol–water partition coefficient (Wildman–Crippen LogP) is 2.11. The fourth-order valence-electron chi connectivity index (χ4n) is 3.54. The molecule has 8 nitrogen and oxygen atoms in total. The summed E-state index contributed by atoms with van der Waals surface area (Å²) in [6, 6.07) is 4.55. The quantitative estimate of drug-likeness (QED) is 0.767. The zero-order valence-corrected chi connectivity index (χ0v) is 15.8. The van der Waals surface area contributed by atoms with E-state index >= 15 is 0 Å². The van der Waals surface area contributed by atoms with Crippen molar-refractivity contribution in [1.29, 1.82) is 0 Å². The van der Waals surface area contributed by atoms with Crippen LogP contribution in [-0.2, 0) is 22.7 Å². The van der Waals surface area contributed by atoms with E-state index in [0.717, 1.165) is 11.1 Å². The van der Waals surface area contributed by atoms with Crippen LogP contribution in [0.1, 0.15) is 40.7 Å². The summed E-state index contributed by atoms with van der Waals surface area (Å²) in [5.74, 6) is 0.0436. The van der Waals surface area contributed by atoms with Gasteiger partial charge >= 0.3 is 6.03 Å². The maximum absolute atomic E-state index is 12.8. The molecule has 28 heavy (non-hydrogen) atoms. The monoisotopic (exact) mass is 398 g/mol. The summed E-state index contributed by atoms with van der Waals surface area (Å²) in [6.07, 6.45) is 0.635. The van der Waals surface area contributed by atoms with Gasteiger partial charge in [0.2, 0.25) is 0 Å². The molecule has 144 valence electrons. The van der Waals surface area contributed by atoms with E-state index in [1.807, 2.05) is 12.1 Å². The Morgan fingerprint density at radius 2 is 2.14 bits per heavy atom. The van der Waals surface area contributed by atoms with E-state index in [0.29, 0.717) is 30.8 Å². The number of nitrogens with zero attached hydrogens (tertiary/aromatic N) is 2. The van der Waals surface area contributed by atoms with E-state index in [-0.39, 0.29) is 36.5 Å². The van der Waals surface area contributed by atoms with Gasteiger partial charge in [0.05, 0.1) is 18.0 Å². The van der Waals surface area contributed by atoms with Crippen molar-refractivity contribution in [1.82, 2.24) is 15.2 Å². The molecule has 1 aromatic heterocycles. The number of ketones is 2. The second-order valence-corrected chi connectivity index (χ2v) is 7.56. The molecule has 1 aliphatic carbocycles. The summed E-state index contributed by atoms with van der Waals surface area (Å²) in [7, 11) is 0. The van der Waals surface area contributed by atoms with Crippen molar-refractivity contribution in [3.63, 3.8) is 0 Å². The number of aromatic nitrogens is 1. The fourth-order valence-corrected chi connectivity index (χ4v) is 4.02. The molecule has 1 unspecified atom stereocenters. The minimum absolute atomic E-state index is 0.0605. The number of nitrogens with one attached hydrogen (secondary N) is 2. The number of Topliss-reactive ketones (excluding diaryl/α,β-unsaturated/α-hetero) is 2. The topological polar surface area (TPSA) is 108 Å². The van der Waals surface area contributed by atoms with Crippen LogP contribution < -0.4 is 10.6 Å². The number of fused-ring (bicyclic) bond motifs is 1. The van der Waals surface area contributed by atoms with Crippen molar-refractivity contribution in [3.05, 3.63) is 45.8 Å². The SMILES string of the molecule is O=C1CCC(N2Cc3ccc(CNC(=O)Nc4cscn4)cc3C2=O)C(=O)C1. The largest absolute Gasteiger partial charge is 0.334 e. The maximum Gasteiger partial charge on any atom is 0.320 e. The van der Waals surface area contributed by atoms with Crippen LogP contribution in [0.25, 0.3) is 0 Å². The molecule has 1 atom stereocenters. The Labute approximate surface area is 164 Å². The van der Waals surface area contributed by atoms with E-state index in [1.54, 1.807) is 21.9 Å². The Morgan fingerprint density at radius 1 is 1.29 bits per heavy atom. The Morgan fingerprint density at radius 3 is 2.89 bits per heavy atom. The van der Waals surface area contributed by atoms with Crippen molar-refractivity contribution in [3.8, 4) is 0 Å². The Hall–Kier alpha value is -3.07. The lowest BCUT2D eigenvalue weighted by Gasteiger charge is -2.29. The van der Waals surface area contributed by atoms with Crippen LogP contribution in [-0.4, -0.2) is 39.4 Å². The van der Waals surface area contributed by atoms with E-state index in [9.17, 15) is 19.2 Å². The molecule has 4 rings (SSSR count). The zero-order valence-electron chi connectivity index (χ0n) is 14.9. The smallest absolute Gasteiger partial charge is 0.320 e. The molecule has 9 heteroatoms. The average Bonchev–Trinajstić information content (AvgIpc) is 3.28. The third kappa shape index (κ3) is 3.65. The Kier molecular flexibility index (Phi) is 4.91. The van der Waals surface area contributed by atoms with Gasteiger partial charge < -0.3 is 10.2 Å². The highest BCUT2D eigenvalue weighted by atomic mass is 32.1. The first kappa shape index (κ1) is 18.3. The third-order valence-electron chi connectivity index (χ3n) is 4.95. The molecule has 2 aromatic rings. The van der Waals surface area contributed by atoms with E-state index in [1.165, 1.54) is 11.3 Å². The van der Waals surface area contributed by atoms with E-state index < -0.39 is 6.04 Å². The molecule has 1 aromatic carbocycles. The number of hydrogen-bond donors (Lipinski definition) is 2. The molecular weight excluding hydrogens is 380 g/mol. The normalized spacial score (nSPS) is 18.9. The minimum Gasteiger partial charge on any atom is -0.334 e. The highest BCUT2D eigenvalue weighted by molar-refractivity contribution is 7.07. The second kappa shape index (κ2) is 7.51. The number of benzene rings is 1.